The monoisotopic (exact) mass is 331 g/mol. The number of amides is 1. The van der Waals surface area contributed by atoms with Crippen LogP contribution in [0.5, 0.6) is 0 Å². The van der Waals surface area contributed by atoms with Crippen LogP contribution in [0.3, 0.4) is 0 Å². The fraction of sp³-hybridized carbons (Fsp3) is 0.0909. The number of carbonyl (C=O) groups excluding carboxylic acids is 1. The highest BCUT2D eigenvalue weighted by molar-refractivity contribution is 7.15. The van der Waals surface area contributed by atoms with Crippen molar-refractivity contribution >= 4 is 33.4 Å². The minimum Gasteiger partial charge on any atom is -0.344 e. The third kappa shape index (κ3) is 2.62. The van der Waals surface area contributed by atoms with Crippen molar-refractivity contribution in [2.24, 2.45) is 0 Å². The minimum absolute atomic E-state index is 0.125. The van der Waals surface area contributed by atoms with E-state index in [2.05, 4.69) is 25.5 Å². The SMILES string of the molecule is O=C(Nc1nnc(C(F)(F)F)s1)c1cc(F)cc2[nH]cnc12. The summed E-state index contributed by atoms with van der Waals surface area (Å²) in [5.41, 5.74) is 0.359. The van der Waals surface area contributed by atoms with E-state index < -0.39 is 22.9 Å². The van der Waals surface area contributed by atoms with Crippen molar-refractivity contribution in [2.75, 3.05) is 5.32 Å². The van der Waals surface area contributed by atoms with Crippen LogP contribution in [0.1, 0.15) is 15.4 Å². The number of anilines is 1. The molecule has 0 saturated heterocycles. The fourth-order valence-electron chi connectivity index (χ4n) is 1.74. The molecule has 2 heterocycles. The molecule has 0 saturated carbocycles. The maximum atomic E-state index is 13.4. The number of aromatic amines is 1. The molecule has 0 aliphatic carbocycles. The highest BCUT2D eigenvalue weighted by Gasteiger charge is 2.35. The van der Waals surface area contributed by atoms with Crippen LogP contribution in [0.15, 0.2) is 18.5 Å². The first kappa shape index (κ1) is 14.4. The Morgan fingerprint density at radius 1 is 1.27 bits per heavy atom. The van der Waals surface area contributed by atoms with Crippen molar-refractivity contribution in [2.45, 2.75) is 6.18 Å². The highest BCUT2D eigenvalue weighted by atomic mass is 32.1. The smallest absolute Gasteiger partial charge is 0.344 e. The van der Waals surface area contributed by atoms with Gasteiger partial charge in [0.2, 0.25) is 10.1 Å². The summed E-state index contributed by atoms with van der Waals surface area (Å²) < 4.78 is 50.7. The van der Waals surface area contributed by atoms with Gasteiger partial charge in [-0.25, -0.2) is 9.37 Å². The first-order chi connectivity index (χ1) is 10.3. The number of hydrogen-bond acceptors (Lipinski definition) is 5. The molecule has 1 aromatic carbocycles. The summed E-state index contributed by atoms with van der Waals surface area (Å²) in [7, 11) is 0. The first-order valence-electron chi connectivity index (χ1n) is 5.69. The van der Waals surface area contributed by atoms with E-state index in [0.29, 0.717) is 5.52 Å². The Labute approximate surface area is 123 Å². The zero-order valence-electron chi connectivity index (χ0n) is 10.4. The maximum absolute atomic E-state index is 13.4. The second kappa shape index (κ2) is 5.02. The predicted octanol–water partition coefficient (Wildman–Crippen LogP) is 2.82. The van der Waals surface area contributed by atoms with Gasteiger partial charge in [0.05, 0.1) is 17.4 Å². The van der Waals surface area contributed by atoms with Crippen molar-refractivity contribution in [3.05, 3.63) is 34.8 Å². The molecule has 2 aromatic heterocycles. The standard InChI is InChI=1S/C11H5F4N5OS/c12-4-1-5(7-6(2-4)16-3-17-7)8(21)18-10-20-19-9(22-10)11(13,14)15/h1-3H,(H,16,17)(H,18,20,21). The van der Waals surface area contributed by atoms with Crippen molar-refractivity contribution in [3.8, 4) is 0 Å². The first-order valence-corrected chi connectivity index (χ1v) is 6.51. The van der Waals surface area contributed by atoms with Crippen LogP contribution in [0, 0.1) is 5.82 Å². The Bertz CT molecular complexity index is 856. The average molecular weight is 331 g/mol. The van der Waals surface area contributed by atoms with E-state index in [4.69, 9.17) is 0 Å². The Morgan fingerprint density at radius 3 is 2.73 bits per heavy atom. The lowest BCUT2D eigenvalue weighted by Crippen LogP contribution is -2.12. The van der Waals surface area contributed by atoms with Gasteiger partial charge in [-0.2, -0.15) is 13.2 Å². The second-order valence-corrected chi connectivity index (χ2v) is 5.09. The number of H-pyrrole nitrogens is 1. The van der Waals surface area contributed by atoms with Gasteiger partial charge in [-0.3, -0.25) is 10.1 Å². The molecule has 2 N–H and O–H groups in total. The lowest BCUT2D eigenvalue weighted by molar-refractivity contribution is -0.138. The lowest BCUT2D eigenvalue weighted by Gasteiger charge is -2.02. The Balaban J connectivity index is 1.90. The number of benzene rings is 1. The number of nitrogens with zero attached hydrogens (tertiary/aromatic N) is 3. The van der Waals surface area contributed by atoms with Gasteiger partial charge in [0, 0.05) is 0 Å². The summed E-state index contributed by atoms with van der Waals surface area (Å²) in [6.07, 6.45) is -3.37. The Kier molecular flexibility index (Phi) is 3.28. The molecule has 11 heteroatoms. The van der Waals surface area contributed by atoms with E-state index in [-0.39, 0.29) is 27.5 Å². The van der Waals surface area contributed by atoms with Gasteiger partial charge in [-0.1, -0.05) is 11.3 Å². The van der Waals surface area contributed by atoms with Crippen LogP contribution in [-0.2, 0) is 6.18 Å². The molecule has 0 aliphatic rings. The molecule has 1 amide bonds. The quantitative estimate of drug-likeness (QED) is 0.707. The number of aromatic nitrogens is 4. The van der Waals surface area contributed by atoms with Gasteiger partial charge in [0.1, 0.15) is 11.3 Å². The molecule has 0 spiro atoms. The summed E-state index contributed by atoms with van der Waals surface area (Å²) in [5, 5.41) is 6.78. The van der Waals surface area contributed by atoms with Gasteiger partial charge in [0.25, 0.3) is 5.91 Å². The second-order valence-electron chi connectivity index (χ2n) is 4.12. The zero-order valence-corrected chi connectivity index (χ0v) is 11.2. The van der Waals surface area contributed by atoms with Gasteiger partial charge < -0.3 is 4.98 Å². The van der Waals surface area contributed by atoms with Crippen molar-refractivity contribution in [3.63, 3.8) is 0 Å². The van der Waals surface area contributed by atoms with Crippen molar-refractivity contribution < 1.29 is 22.4 Å². The maximum Gasteiger partial charge on any atom is 0.445 e. The minimum atomic E-state index is -4.64. The molecule has 3 rings (SSSR count). The number of halogens is 4. The number of hydrogen-bond donors (Lipinski definition) is 2. The average Bonchev–Trinajstić information content (AvgIpc) is 3.05. The largest absolute Gasteiger partial charge is 0.445 e. The van der Waals surface area contributed by atoms with E-state index in [1.54, 1.807) is 0 Å². The van der Waals surface area contributed by atoms with Crippen molar-refractivity contribution in [1.29, 1.82) is 0 Å². The lowest BCUT2D eigenvalue weighted by atomic mass is 10.1. The number of carbonyl (C=O) groups is 1. The summed E-state index contributed by atoms with van der Waals surface area (Å²) >= 11 is 0.173. The van der Waals surface area contributed by atoms with Crippen molar-refractivity contribution in [1.82, 2.24) is 20.2 Å². The van der Waals surface area contributed by atoms with Crippen LogP contribution < -0.4 is 5.32 Å². The molecule has 22 heavy (non-hydrogen) atoms. The summed E-state index contributed by atoms with van der Waals surface area (Å²) in [4.78, 5) is 18.6. The molecule has 0 unspecified atom stereocenters. The van der Waals surface area contributed by atoms with E-state index in [1.807, 2.05) is 0 Å². The number of nitrogens with one attached hydrogen (secondary N) is 2. The number of alkyl halides is 3. The molecule has 0 aliphatic heterocycles. The molecular formula is C11H5F4N5OS. The van der Waals surface area contributed by atoms with Gasteiger partial charge >= 0.3 is 6.18 Å². The molecule has 3 aromatic rings. The molecule has 0 radical (unpaired) electrons. The van der Waals surface area contributed by atoms with E-state index in [0.717, 1.165) is 12.1 Å². The summed E-state index contributed by atoms with van der Waals surface area (Å²) in [6.45, 7) is 0. The number of fused-ring (bicyclic) bond motifs is 1. The third-order valence-electron chi connectivity index (χ3n) is 2.62. The number of rotatable bonds is 2. The van der Waals surface area contributed by atoms with E-state index in [9.17, 15) is 22.4 Å². The Morgan fingerprint density at radius 2 is 2.05 bits per heavy atom. The normalized spacial score (nSPS) is 11.8. The molecule has 114 valence electrons. The molecule has 0 fully saturated rings. The van der Waals surface area contributed by atoms with E-state index in [1.165, 1.54) is 6.33 Å². The predicted molar refractivity (Wildman–Crippen MR) is 68.9 cm³/mol. The topological polar surface area (TPSA) is 83.6 Å². The summed E-state index contributed by atoms with van der Waals surface area (Å²) in [5.74, 6) is -1.52. The van der Waals surface area contributed by atoms with Crippen LogP contribution in [0.2, 0.25) is 0 Å². The summed E-state index contributed by atoms with van der Waals surface area (Å²) in [6, 6.07) is 2.08. The van der Waals surface area contributed by atoms with Crippen LogP contribution in [0.25, 0.3) is 11.0 Å². The third-order valence-corrected chi connectivity index (χ3v) is 3.50. The Hall–Kier alpha value is -2.56. The van der Waals surface area contributed by atoms with Crippen LogP contribution >= 0.6 is 11.3 Å². The van der Waals surface area contributed by atoms with E-state index >= 15 is 0 Å². The fourth-order valence-corrected chi connectivity index (χ4v) is 2.35. The van der Waals surface area contributed by atoms with Crippen LogP contribution in [0.4, 0.5) is 22.7 Å². The molecule has 0 atom stereocenters. The van der Waals surface area contributed by atoms with Gasteiger partial charge in [-0.05, 0) is 12.1 Å². The zero-order chi connectivity index (χ0) is 15.9. The highest BCUT2D eigenvalue weighted by Crippen LogP contribution is 2.33. The number of imidazole rings is 1. The molecule has 6 nitrogen and oxygen atoms in total. The molecular weight excluding hydrogens is 326 g/mol. The molecule has 0 bridgehead atoms. The van der Waals surface area contributed by atoms with Crippen LogP contribution in [-0.4, -0.2) is 26.1 Å². The van der Waals surface area contributed by atoms with Gasteiger partial charge in [0.15, 0.2) is 0 Å². The van der Waals surface area contributed by atoms with Gasteiger partial charge in [-0.15, -0.1) is 10.2 Å².